The second kappa shape index (κ2) is 4.67. The lowest BCUT2D eigenvalue weighted by Crippen LogP contribution is -2.40. The molecule has 1 saturated heterocycles. The van der Waals surface area contributed by atoms with Crippen molar-refractivity contribution < 1.29 is 14.7 Å². The summed E-state index contributed by atoms with van der Waals surface area (Å²) in [5.41, 5.74) is 1.55. The Morgan fingerprint density at radius 2 is 2.05 bits per heavy atom. The van der Waals surface area contributed by atoms with Crippen molar-refractivity contribution in [2.45, 2.75) is 18.9 Å². The van der Waals surface area contributed by atoms with Gasteiger partial charge in [0.15, 0.2) is 0 Å². The standard InChI is InChI=1S/C15H16N2O3/c1-16-9-11(10-5-2-3-6-12(10)16)14(18)17-8-4-7-13(17)15(19)20/h2-3,5-6,9,13H,4,7-8H2,1H3,(H,19,20). The van der Waals surface area contributed by atoms with Crippen LogP contribution in [-0.2, 0) is 11.8 Å². The molecule has 1 aliphatic heterocycles. The summed E-state index contributed by atoms with van der Waals surface area (Å²) in [4.78, 5) is 25.3. The van der Waals surface area contributed by atoms with Gasteiger partial charge in [0, 0.05) is 30.7 Å². The van der Waals surface area contributed by atoms with E-state index in [9.17, 15) is 14.7 Å². The summed E-state index contributed by atoms with van der Waals surface area (Å²) >= 11 is 0. The molecule has 3 rings (SSSR count). The van der Waals surface area contributed by atoms with Gasteiger partial charge in [-0.2, -0.15) is 0 Å². The van der Waals surface area contributed by atoms with E-state index < -0.39 is 12.0 Å². The summed E-state index contributed by atoms with van der Waals surface area (Å²) in [5, 5.41) is 10.1. The molecule has 1 aromatic heterocycles. The van der Waals surface area contributed by atoms with Gasteiger partial charge in [-0.25, -0.2) is 4.79 Å². The third-order valence-electron chi connectivity index (χ3n) is 3.93. The van der Waals surface area contributed by atoms with Crippen LogP contribution < -0.4 is 0 Å². The molecule has 1 amide bonds. The third kappa shape index (κ3) is 1.86. The lowest BCUT2D eigenvalue weighted by molar-refractivity contribution is -0.141. The zero-order chi connectivity index (χ0) is 14.3. The second-order valence-electron chi connectivity index (χ2n) is 5.17. The van der Waals surface area contributed by atoms with Gasteiger partial charge in [-0.05, 0) is 18.9 Å². The minimum absolute atomic E-state index is 0.188. The third-order valence-corrected chi connectivity index (χ3v) is 3.93. The number of para-hydroxylation sites is 1. The molecule has 1 fully saturated rings. The van der Waals surface area contributed by atoms with E-state index >= 15 is 0 Å². The first-order chi connectivity index (χ1) is 9.59. The Morgan fingerprint density at radius 1 is 1.30 bits per heavy atom. The largest absolute Gasteiger partial charge is 0.480 e. The molecule has 1 unspecified atom stereocenters. The van der Waals surface area contributed by atoms with Crippen molar-refractivity contribution in [1.29, 1.82) is 0 Å². The van der Waals surface area contributed by atoms with Crippen LogP contribution in [0.15, 0.2) is 30.5 Å². The minimum atomic E-state index is -0.920. The first kappa shape index (κ1) is 12.7. The number of carboxylic acid groups (broad SMARTS) is 1. The van der Waals surface area contributed by atoms with E-state index in [1.807, 2.05) is 35.9 Å². The van der Waals surface area contributed by atoms with Gasteiger partial charge in [0.25, 0.3) is 5.91 Å². The van der Waals surface area contributed by atoms with E-state index in [4.69, 9.17) is 0 Å². The van der Waals surface area contributed by atoms with Crippen LogP contribution in [0.1, 0.15) is 23.2 Å². The van der Waals surface area contributed by atoms with Crippen molar-refractivity contribution in [2.24, 2.45) is 7.05 Å². The molecule has 0 saturated carbocycles. The Morgan fingerprint density at radius 3 is 2.80 bits per heavy atom. The van der Waals surface area contributed by atoms with Gasteiger partial charge in [0.2, 0.25) is 0 Å². The molecule has 1 aliphatic rings. The number of likely N-dealkylation sites (tertiary alicyclic amines) is 1. The van der Waals surface area contributed by atoms with Crippen molar-refractivity contribution in [1.82, 2.24) is 9.47 Å². The van der Waals surface area contributed by atoms with Gasteiger partial charge in [0.05, 0.1) is 5.56 Å². The number of amides is 1. The molecule has 0 spiro atoms. The van der Waals surface area contributed by atoms with Crippen molar-refractivity contribution in [2.75, 3.05) is 6.54 Å². The lowest BCUT2D eigenvalue weighted by atomic mass is 10.1. The van der Waals surface area contributed by atoms with E-state index in [-0.39, 0.29) is 5.91 Å². The van der Waals surface area contributed by atoms with Gasteiger partial charge in [-0.15, -0.1) is 0 Å². The average Bonchev–Trinajstić information content (AvgIpc) is 3.04. The summed E-state index contributed by atoms with van der Waals surface area (Å²) in [6, 6.07) is 6.96. The Bertz CT molecular complexity index is 689. The Balaban J connectivity index is 2.03. The maximum Gasteiger partial charge on any atom is 0.326 e. The summed E-state index contributed by atoms with van der Waals surface area (Å²) in [7, 11) is 1.89. The fraction of sp³-hybridized carbons (Fsp3) is 0.333. The van der Waals surface area contributed by atoms with Crippen LogP contribution in [0.5, 0.6) is 0 Å². The molecule has 0 aliphatic carbocycles. The maximum atomic E-state index is 12.6. The molecule has 5 heteroatoms. The van der Waals surface area contributed by atoms with Crippen LogP contribution in [0.4, 0.5) is 0 Å². The molecular weight excluding hydrogens is 256 g/mol. The smallest absolute Gasteiger partial charge is 0.326 e. The molecular formula is C15H16N2O3. The predicted octanol–water partition coefficient (Wildman–Crippen LogP) is 1.87. The number of hydrogen-bond donors (Lipinski definition) is 1. The number of aliphatic carboxylic acids is 1. The molecule has 1 N–H and O–H groups in total. The quantitative estimate of drug-likeness (QED) is 0.907. The van der Waals surface area contributed by atoms with Crippen molar-refractivity contribution >= 4 is 22.8 Å². The van der Waals surface area contributed by atoms with Gasteiger partial charge < -0.3 is 14.6 Å². The number of carbonyl (C=O) groups excluding carboxylic acids is 1. The van der Waals surface area contributed by atoms with E-state index in [1.54, 1.807) is 6.20 Å². The molecule has 20 heavy (non-hydrogen) atoms. The average molecular weight is 272 g/mol. The summed E-state index contributed by atoms with van der Waals surface area (Å²) in [6.45, 7) is 0.513. The summed E-state index contributed by atoms with van der Waals surface area (Å²) < 4.78 is 1.90. The highest BCUT2D eigenvalue weighted by Gasteiger charge is 2.35. The number of rotatable bonds is 2. The molecule has 1 aromatic carbocycles. The Labute approximate surface area is 116 Å². The van der Waals surface area contributed by atoms with Crippen LogP contribution in [0.2, 0.25) is 0 Å². The van der Waals surface area contributed by atoms with Gasteiger partial charge in [0.1, 0.15) is 6.04 Å². The fourth-order valence-corrected chi connectivity index (χ4v) is 2.93. The first-order valence-corrected chi connectivity index (χ1v) is 6.67. The van der Waals surface area contributed by atoms with Crippen LogP contribution in [0.25, 0.3) is 10.9 Å². The van der Waals surface area contributed by atoms with Gasteiger partial charge in [-0.3, -0.25) is 4.79 Å². The van der Waals surface area contributed by atoms with Gasteiger partial charge in [-0.1, -0.05) is 18.2 Å². The highest BCUT2D eigenvalue weighted by molar-refractivity contribution is 6.08. The van der Waals surface area contributed by atoms with E-state index in [0.717, 1.165) is 17.3 Å². The number of benzene rings is 1. The highest BCUT2D eigenvalue weighted by Crippen LogP contribution is 2.25. The number of hydrogen-bond acceptors (Lipinski definition) is 2. The molecule has 0 bridgehead atoms. The highest BCUT2D eigenvalue weighted by atomic mass is 16.4. The summed E-state index contributed by atoms with van der Waals surface area (Å²) in [6.07, 6.45) is 3.06. The second-order valence-corrected chi connectivity index (χ2v) is 5.17. The van der Waals surface area contributed by atoms with Crippen molar-refractivity contribution in [3.63, 3.8) is 0 Å². The monoisotopic (exact) mass is 272 g/mol. The molecule has 5 nitrogen and oxygen atoms in total. The van der Waals surface area contributed by atoms with Crippen LogP contribution in [-0.4, -0.2) is 39.0 Å². The van der Waals surface area contributed by atoms with E-state index in [1.165, 1.54) is 4.90 Å². The maximum absolute atomic E-state index is 12.6. The molecule has 0 radical (unpaired) electrons. The number of carbonyl (C=O) groups is 2. The minimum Gasteiger partial charge on any atom is -0.480 e. The normalized spacial score (nSPS) is 18.6. The van der Waals surface area contributed by atoms with E-state index in [0.29, 0.717) is 18.5 Å². The summed E-state index contributed by atoms with van der Waals surface area (Å²) in [5.74, 6) is -1.11. The molecule has 1 atom stereocenters. The van der Waals surface area contributed by atoms with Gasteiger partial charge >= 0.3 is 5.97 Å². The van der Waals surface area contributed by atoms with Crippen LogP contribution in [0, 0.1) is 0 Å². The SMILES string of the molecule is Cn1cc(C(=O)N2CCCC2C(=O)O)c2ccccc21. The molecule has 104 valence electrons. The zero-order valence-corrected chi connectivity index (χ0v) is 11.2. The Hall–Kier alpha value is -2.30. The first-order valence-electron chi connectivity index (χ1n) is 6.67. The Kier molecular flexibility index (Phi) is 2.97. The topological polar surface area (TPSA) is 62.5 Å². The van der Waals surface area contributed by atoms with Crippen molar-refractivity contribution in [3.8, 4) is 0 Å². The fourth-order valence-electron chi connectivity index (χ4n) is 2.93. The molecule has 2 heterocycles. The zero-order valence-electron chi connectivity index (χ0n) is 11.2. The number of nitrogens with zero attached hydrogens (tertiary/aromatic N) is 2. The molecule has 2 aromatic rings. The van der Waals surface area contributed by atoms with Crippen LogP contribution >= 0.6 is 0 Å². The van der Waals surface area contributed by atoms with E-state index in [2.05, 4.69) is 0 Å². The number of fused-ring (bicyclic) bond motifs is 1. The number of aromatic nitrogens is 1. The van der Waals surface area contributed by atoms with Crippen LogP contribution in [0.3, 0.4) is 0 Å². The number of aryl methyl sites for hydroxylation is 1. The predicted molar refractivity (Wildman–Crippen MR) is 74.6 cm³/mol. The van der Waals surface area contributed by atoms with Crippen molar-refractivity contribution in [3.05, 3.63) is 36.0 Å². The lowest BCUT2D eigenvalue weighted by Gasteiger charge is -2.21. The number of carboxylic acids is 1.